The summed E-state index contributed by atoms with van der Waals surface area (Å²) >= 11 is 0. The molecule has 2 N–H and O–H groups in total. The van der Waals surface area contributed by atoms with Crippen LogP contribution < -0.4 is 10.2 Å². The molecule has 0 atom stereocenters. The first-order chi connectivity index (χ1) is 6.57. The molecule has 4 heteroatoms. The Bertz CT molecular complexity index is 348. The van der Waals surface area contributed by atoms with Crippen LogP contribution in [-0.2, 0) is 0 Å². The number of rotatable bonds is 2. The lowest BCUT2D eigenvalue weighted by molar-refractivity contribution is 0.0961. The van der Waals surface area contributed by atoms with E-state index < -0.39 is 0 Å². The molecular weight excluding hydrogens is 180 g/mol. The predicted octanol–water partition coefficient (Wildman–Crippen LogP) is 0.818. The minimum atomic E-state index is -0.285. The van der Waals surface area contributed by atoms with Crippen LogP contribution in [0, 0.1) is 0 Å². The Balaban J connectivity index is 3.29. The second kappa shape index (κ2) is 4.00. The SMILES string of the molecule is CNC(=O)c1c(O)cccc1N(C)C. The molecule has 0 aliphatic rings. The number of hydrogen-bond acceptors (Lipinski definition) is 3. The summed E-state index contributed by atoms with van der Waals surface area (Å²) in [4.78, 5) is 13.2. The molecule has 14 heavy (non-hydrogen) atoms. The van der Waals surface area contributed by atoms with Crippen molar-refractivity contribution in [2.45, 2.75) is 0 Å². The second-order valence-electron chi connectivity index (χ2n) is 3.14. The van der Waals surface area contributed by atoms with E-state index in [1.165, 1.54) is 13.1 Å². The fourth-order valence-electron chi connectivity index (χ4n) is 1.26. The van der Waals surface area contributed by atoms with Crippen molar-refractivity contribution in [2.24, 2.45) is 0 Å². The lowest BCUT2D eigenvalue weighted by atomic mass is 10.1. The summed E-state index contributed by atoms with van der Waals surface area (Å²) in [5, 5.41) is 12.0. The Morgan fingerprint density at radius 2 is 2.07 bits per heavy atom. The molecule has 4 nitrogen and oxygen atoms in total. The molecule has 0 saturated heterocycles. The van der Waals surface area contributed by atoms with Crippen molar-refractivity contribution in [3.8, 4) is 5.75 Å². The number of anilines is 1. The van der Waals surface area contributed by atoms with Crippen molar-refractivity contribution in [3.05, 3.63) is 23.8 Å². The van der Waals surface area contributed by atoms with Gasteiger partial charge in [-0.3, -0.25) is 4.79 Å². The molecule has 0 bridgehead atoms. The monoisotopic (exact) mass is 194 g/mol. The van der Waals surface area contributed by atoms with Crippen LogP contribution >= 0.6 is 0 Å². The number of carbonyl (C=O) groups excluding carboxylic acids is 1. The van der Waals surface area contributed by atoms with Crippen molar-refractivity contribution in [2.75, 3.05) is 26.0 Å². The Labute approximate surface area is 83.2 Å². The molecule has 1 amide bonds. The zero-order valence-corrected chi connectivity index (χ0v) is 8.53. The minimum absolute atomic E-state index is 0.00412. The first-order valence-electron chi connectivity index (χ1n) is 4.29. The molecule has 1 aromatic rings. The van der Waals surface area contributed by atoms with Crippen molar-refractivity contribution < 1.29 is 9.90 Å². The molecular formula is C10H14N2O2. The summed E-state index contributed by atoms with van der Waals surface area (Å²) in [5.41, 5.74) is 1.00. The number of benzene rings is 1. The highest BCUT2D eigenvalue weighted by Gasteiger charge is 2.15. The van der Waals surface area contributed by atoms with Gasteiger partial charge in [-0.2, -0.15) is 0 Å². The Hall–Kier alpha value is -1.71. The first kappa shape index (κ1) is 10.4. The summed E-state index contributed by atoms with van der Waals surface area (Å²) in [5.74, 6) is -0.289. The van der Waals surface area contributed by atoms with Gasteiger partial charge in [0.05, 0.1) is 5.69 Å². The molecule has 1 rings (SSSR count). The van der Waals surface area contributed by atoms with Gasteiger partial charge in [-0.15, -0.1) is 0 Å². The van der Waals surface area contributed by atoms with Gasteiger partial charge in [0.1, 0.15) is 11.3 Å². The van der Waals surface area contributed by atoms with Gasteiger partial charge in [-0.1, -0.05) is 6.07 Å². The van der Waals surface area contributed by atoms with Crippen LogP contribution in [0.3, 0.4) is 0 Å². The Morgan fingerprint density at radius 1 is 1.43 bits per heavy atom. The smallest absolute Gasteiger partial charge is 0.256 e. The number of amides is 1. The Kier molecular flexibility index (Phi) is 2.96. The maximum atomic E-state index is 11.5. The van der Waals surface area contributed by atoms with Gasteiger partial charge < -0.3 is 15.3 Å². The quantitative estimate of drug-likeness (QED) is 0.732. The van der Waals surface area contributed by atoms with Gasteiger partial charge in [-0.05, 0) is 12.1 Å². The average Bonchev–Trinajstić information content (AvgIpc) is 2.16. The van der Waals surface area contributed by atoms with Gasteiger partial charge in [0, 0.05) is 21.1 Å². The number of phenolic OH excluding ortho intramolecular Hbond substituents is 1. The third-order valence-electron chi connectivity index (χ3n) is 1.96. The number of phenols is 1. The number of hydrogen-bond donors (Lipinski definition) is 2. The van der Waals surface area contributed by atoms with Crippen LogP contribution in [0.4, 0.5) is 5.69 Å². The molecule has 0 unspecified atom stereocenters. The molecule has 0 radical (unpaired) electrons. The maximum absolute atomic E-state index is 11.5. The lowest BCUT2D eigenvalue weighted by Crippen LogP contribution is -2.22. The van der Waals surface area contributed by atoms with Gasteiger partial charge in [0.25, 0.3) is 5.91 Å². The highest BCUT2D eigenvalue weighted by Crippen LogP contribution is 2.26. The van der Waals surface area contributed by atoms with Crippen LogP contribution in [0.1, 0.15) is 10.4 Å². The number of carbonyl (C=O) groups is 1. The molecule has 0 fully saturated rings. The van der Waals surface area contributed by atoms with Crippen LogP contribution in [0.5, 0.6) is 5.75 Å². The first-order valence-corrected chi connectivity index (χ1v) is 4.29. The van der Waals surface area contributed by atoms with Gasteiger partial charge in [-0.25, -0.2) is 0 Å². The number of nitrogens with one attached hydrogen (secondary N) is 1. The van der Waals surface area contributed by atoms with E-state index in [-0.39, 0.29) is 11.7 Å². The standard InChI is InChI=1S/C10H14N2O2/c1-11-10(14)9-7(12(2)3)5-4-6-8(9)13/h4-6,13H,1-3H3,(H,11,14). The topological polar surface area (TPSA) is 52.6 Å². The van der Waals surface area contributed by atoms with Gasteiger partial charge in [0.2, 0.25) is 0 Å². The fraction of sp³-hybridized carbons (Fsp3) is 0.300. The van der Waals surface area contributed by atoms with Crippen molar-refractivity contribution in [1.29, 1.82) is 0 Å². The summed E-state index contributed by atoms with van der Waals surface area (Å²) in [6, 6.07) is 4.99. The minimum Gasteiger partial charge on any atom is -0.507 e. The van der Waals surface area contributed by atoms with E-state index in [9.17, 15) is 9.90 Å². The van der Waals surface area contributed by atoms with E-state index in [2.05, 4.69) is 5.32 Å². The average molecular weight is 194 g/mol. The van der Waals surface area contributed by atoms with Gasteiger partial charge in [0.15, 0.2) is 0 Å². The normalized spacial score (nSPS) is 9.64. The summed E-state index contributed by atoms with van der Waals surface area (Å²) in [6.07, 6.45) is 0. The fourth-order valence-corrected chi connectivity index (χ4v) is 1.26. The van der Waals surface area contributed by atoms with Crippen molar-refractivity contribution in [1.82, 2.24) is 5.32 Å². The molecule has 0 spiro atoms. The number of nitrogens with zero attached hydrogens (tertiary/aromatic N) is 1. The zero-order valence-electron chi connectivity index (χ0n) is 8.53. The maximum Gasteiger partial charge on any atom is 0.256 e. The summed E-state index contributed by atoms with van der Waals surface area (Å²) < 4.78 is 0. The molecule has 0 aliphatic carbocycles. The molecule has 0 aliphatic heterocycles. The van der Waals surface area contributed by atoms with E-state index in [4.69, 9.17) is 0 Å². The molecule has 0 saturated carbocycles. The van der Waals surface area contributed by atoms with Crippen molar-refractivity contribution >= 4 is 11.6 Å². The number of aromatic hydroxyl groups is 1. The van der Waals surface area contributed by atoms with Crippen LogP contribution in [0.2, 0.25) is 0 Å². The van der Waals surface area contributed by atoms with E-state index in [0.29, 0.717) is 11.3 Å². The summed E-state index contributed by atoms with van der Waals surface area (Å²) in [7, 11) is 5.18. The van der Waals surface area contributed by atoms with Gasteiger partial charge >= 0.3 is 0 Å². The van der Waals surface area contributed by atoms with E-state index >= 15 is 0 Å². The zero-order chi connectivity index (χ0) is 10.7. The second-order valence-corrected chi connectivity index (χ2v) is 3.14. The van der Waals surface area contributed by atoms with E-state index in [1.807, 2.05) is 14.1 Å². The third-order valence-corrected chi connectivity index (χ3v) is 1.96. The third kappa shape index (κ3) is 1.79. The molecule has 1 aromatic carbocycles. The van der Waals surface area contributed by atoms with Crippen LogP contribution in [0.15, 0.2) is 18.2 Å². The lowest BCUT2D eigenvalue weighted by Gasteiger charge is -2.17. The summed E-state index contributed by atoms with van der Waals surface area (Å²) in [6.45, 7) is 0. The molecule has 0 aromatic heterocycles. The molecule has 76 valence electrons. The van der Waals surface area contributed by atoms with E-state index in [0.717, 1.165) is 0 Å². The molecule has 0 heterocycles. The highest BCUT2D eigenvalue weighted by molar-refractivity contribution is 6.02. The largest absolute Gasteiger partial charge is 0.507 e. The van der Waals surface area contributed by atoms with Crippen LogP contribution in [0.25, 0.3) is 0 Å². The predicted molar refractivity (Wildman–Crippen MR) is 55.8 cm³/mol. The Morgan fingerprint density at radius 3 is 2.57 bits per heavy atom. The van der Waals surface area contributed by atoms with Crippen molar-refractivity contribution in [3.63, 3.8) is 0 Å². The van der Waals surface area contributed by atoms with Crippen LogP contribution in [-0.4, -0.2) is 32.2 Å². The van der Waals surface area contributed by atoms with E-state index in [1.54, 1.807) is 17.0 Å². The highest BCUT2D eigenvalue weighted by atomic mass is 16.3.